The maximum Gasteiger partial charge on any atom is 1.00 e. The summed E-state index contributed by atoms with van der Waals surface area (Å²) in [6.45, 7) is 0. The number of carboxylic acids is 1. The molecule has 0 spiro atoms. The first-order valence-corrected chi connectivity index (χ1v) is 6.65. The maximum absolute atomic E-state index is 10.5. The number of carboxylic acid groups (broad SMARTS) is 1. The quantitative estimate of drug-likeness (QED) is 0.424. The van der Waals surface area contributed by atoms with Crippen molar-refractivity contribution < 1.29 is 52.4 Å². The molecule has 0 aliphatic heterocycles. The van der Waals surface area contributed by atoms with Crippen molar-refractivity contribution in [2.45, 2.75) is 32.1 Å². The molecule has 88 valence electrons. The van der Waals surface area contributed by atoms with Crippen molar-refractivity contribution >= 4 is 16.1 Å². The van der Waals surface area contributed by atoms with E-state index >= 15 is 0 Å². The van der Waals surface area contributed by atoms with Gasteiger partial charge in [0, 0.05) is 5.97 Å². The Hall–Kier alpha value is 0.380. The van der Waals surface area contributed by atoms with Crippen LogP contribution in [0.25, 0.3) is 0 Å². The fourth-order valence-corrected chi connectivity index (χ4v) is 2.63. The zero-order valence-electron chi connectivity index (χ0n) is 9.39. The Morgan fingerprint density at radius 2 is 1.75 bits per heavy atom. The fraction of sp³-hybridized carbons (Fsp3) is 0.889. The van der Waals surface area contributed by atoms with E-state index in [1.165, 1.54) is 0 Å². The number of carbonyl (C=O) groups excluding carboxylic acids is 1. The van der Waals surface area contributed by atoms with Gasteiger partial charge in [0.1, 0.15) is 0 Å². The van der Waals surface area contributed by atoms with Crippen molar-refractivity contribution in [3.05, 3.63) is 0 Å². The third kappa shape index (κ3) is 6.20. The standard InChI is InChI=1S/C9H16O5S.Na/c10-9(11)8-3-1-7(2-4-8)5-6-15(12,13)14;/h7-8H,1-6H2,(H,10,11)(H,12,13,14);/q;+1/p-1. The van der Waals surface area contributed by atoms with Crippen molar-refractivity contribution in [2.75, 3.05) is 5.75 Å². The van der Waals surface area contributed by atoms with E-state index in [0.29, 0.717) is 32.1 Å². The summed E-state index contributed by atoms with van der Waals surface area (Å²) in [5.74, 6) is -1.41. The molecule has 16 heavy (non-hydrogen) atoms. The molecule has 1 aliphatic carbocycles. The average molecular weight is 258 g/mol. The zero-order chi connectivity index (χ0) is 11.5. The summed E-state index contributed by atoms with van der Waals surface area (Å²) in [5.41, 5.74) is 0. The summed E-state index contributed by atoms with van der Waals surface area (Å²) < 4.78 is 29.6. The first kappa shape index (κ1) is 16.4. The van der Waals surface area contributed by atoms with Crippen molar-refractivity contribution in [3.63, 3.8) is 0 Å². The van der Waals surface area contributed by atoms with Crippen LogP contribution >= 0.6 is 0 Å². The largest absolute Gasteiger partial charge is 1.00 e. The molecule has 5 nitrogen and oxygen atoms in total. The molecular weight excluding hydrogens is 243 g/mol. The molecule has 1 aliphatic rings. The Labute approximate surface area is 118 Å². The van der Waals surface area contributed by atoms with Gasteiger partial charge in [-0.3, -0.25) is 4.55 Å². The Bertz CT molecular complexity index is 319. The third-order valence-electron chi connectivity index (χ3n) is 2.96. The van der Waals surface area contributed by atoms with Gasteiger partial charge in [-0.15, -0.1) is 0 Å². The first-order valence-electron chi connectivity index (χ1n) is 5.04. The van der Waals surface area contributed by atoms with E-state index in [1.807, 2.05) is 0 Å². The van der Waals surface area contributed by atoms with Crippen molar-refractivity contribution in [1.29, 1.82) is 0 Å². The molecule has 0 saturated heterocycles. The normalized spacial score (nSPS) is 25.8. The molecule has 0 aromatic carbocycles. The minimum absolute atomic E-state index is 0. The maximum atomic E-state index is 10.5. The van der Waals surface area contributed by atoms with Crippen LogP contribution in [0.3, 0.4) is 0 Å². The van der Waals surface area contributed by atoms with E-state index in [1.54, 1.807) is 0 Å². The van der Waals surface area contributed by atoms with Gasteiger partial charge in [0.2, 0.25) is 0 Å². The van der Waals surface area contributed by atoms with Crippen LogP contribution in [0.15, 0.2) is 0 Å². The topological polar surface area (TPSA) is 94.5 Å². The Balaban J connectivity index is 0.00000225. The summed E-state index contributed by atoms with van der Waals surface area (Å²) in [6.07, 6.45) is 2.93. The molecule has 1 saturated carbocycles. The smallest absolute Gasteiger partial charge is 0.550 e. The molecular formula is C9H15NaO5S. The van der Waals surface area contributed by atoms with E-state index in [2.05, 4.69) is 0 Å². The third-order valence-corrected chi connectivity index (χ3v) is 3.72. The van der Waals surface area contributed by atoms with Crippen LogP contribution in [-0.2, 0) is 14.9 Å². The van der Waals surface area contributed by atoms with Crippen LogP contribution in [0.5, 0.6) is 0 Å². The van der Waals surface area contributed by atoms with Crippen molar-refractivity contribution in [3.8, 4) is 0 Å². The molecule has 0 unspecified atom stereocenters. The van der Waals surface area contributed by atoms with Crippen LogP contribution in [0, 0.1) is 11.8 Å². The Morgan fingerprint density at radius 3 is 2.12 bits per heavy atom. The summed E-state index contributed by atoms with van der Waals surface area (Å²) in [7, 11) is -3.88. The van der Waals surface area contributed by atoms with Gasteiger partial charge in [0.05, 0.1) is 5.75 Å². The molecule has 0 aromatic heterocycles. The summed E-state index contributed by atoms with van der Waals surface area (Å²) >= 11 is 0. The van der Waals surface area contributed by atoms with Gasteiger partial charge in [-0.2, -0.15) is 8.42 Å². The van der Waals surface area contributed by atoms with E-state index < -0.39 is 16.1 Å². The molecule has 0 amide bonds. The molecule has 1 N–H and O–H groups in total. The number of rotatable bonds is 4. The average Bonchev–Trinajstić information content (AvgIpc) is 2.14. The molecule has 1 fully saturated rings. The van der Waals surface area contributed by atoms with Crippen LogP contribution in [-0.4, -0.2) is 24.7 Å². The summed E-state index contributed by atoms with van der Waals surface area (Å²) in [4.78, 5) is 10.5. The Kier molecular flexibility index (Phi) is 7.12. The number of aliphatic carboxylic acids is 1. The molecule has 1 rings (SSSR count). The van der Waals surface area contributed by atoms with Gasteiger partial charge < -0.3 is 9.90 Å². The second kappa shape index (κ2) is 6.96. The monoisotopic (exact) mass is 258 g/mol. The van der Waals surface area contributed by atoms with Gasteiger partial charge in [0.25, 0.3) is 10.1 Å². The van der Waals surface area contributed by atoms with Crippen LogP contribution in [0.1, 0.15) is 32.1 Å². The second-order valence-corrected chi connectivity index (χ2v) is 5.68. The molecule has 0 atom stereocenters. The second-order valence-electron chi connectivity index (χ2n) is 4.11. The zero-order valence-corrected chi connectivity index (χ0v) is 12.2. The molecule has 0 aromatic rings. The minimum atomic E-state index is -3.88. The van der Waals surface area contributed by atoms with E-state index in [0.717, 1.165) is 0 Å². The van der Waals surface area contributed by atoms with Gasteiger partial charge in [0.15, 0.2) is 0 Å². The first-order chi connectivity index (χ1) is 6.88. The number of carbonyl (C=O) groups is 1. The molecule has 7 heteroatoms. The van der Waals surface area contributed by atoms with Crippen LogP contribution < -0.4 is 34.7 Å². The molecule has 0 radical (unpaired) electrons. The Morgan fingerprint density at radius 1 is 1.25 bits per heavy atom. The summed E-state index contributed by atoms with van der Waals surface area (Å²) in [6, 6.07) is 0. The number of hydrogen-bond donors (Lipinski definition) is 1. The predicted molar refractivity (Wildman–Crippen MR) is 51.5 cm³/mol. The van der Waals surface area contributed by atoms with Crippen molar-refractivity contribution in [2.24, 2.45) is 11.8 Å². The van der Waals surface area contributed by atoms with E-state index in [9.17, 15) is 18.3 Å². The predicted octanol–water partition coefficient (Wildman–Crippen LogP) is -3.18. The minimum Gasteiger partial charge on any atom is -0.550 e. The fourth-order valence-electron chi connectivity index (χ4n) is 2.00. The van der Waals surface area contributed by atoms with E-state index in [4.69, 9.17) is 4.55 Å². The van der Waals surface area contributed by atoms with Crippen LogP contribution in [0.2, 0.25) is 0 Å². The molecule has 0 heterocycles. The van der Waals surface area contributed by atoms with Gasteiger partial charge >= 0.3 is 29.6 Å². The SMILES string of the molecule is O=C([O-])C1CCC(CCS(=O)(=O)O)CC1.[Na+]. The van der Waals surface area contributed by atoms with Gasteiger partial charge in [-0.05, 0) is 43.9 Å². The van der Waals surface area contributed by atoms with Crippen molar-refractivity contribution in [1.82, 2.24) is 0 Å². The van der Waals surface area contributed by atoms with Crippen LogP contribution in [0.4, 0.5) is 0 Å². The van der Waals surface area contributed by atoms with E-state index in [-0.39, 0.29) is 47.1 Å². The number of hydrogen-bond acceptors (Lipinski definition) is 4. The molecule has 0 bridgehead atoms. The van der Waals surface area contributed by atoms with Gasteiger partial charge in [-0.25, -0.2) is 0 Å². The van der Waals surface area contributed by atoms with Gasteiger partial charge in [-0.1, -0.05) is 0 Å². The summed E-state index contributed by atoms with van der Waals surface area (Å²) in [5, 5.41) is 10.5.